The molecule has 1 heterocycles. The SMILES string of the molecule is C=CCCNC(=O)C(=O)C(CCC=C)NC(=O)C1=C2C(CN1C(=O)C(NC(=O)NC1(CS(=O)(=O)C(C)(C)C)CCCCC1)[I-]C(C)(C)C)C2(C)C. The number of fused-ring (bicyclic) bond motifs is 1. The van der Waals surface area contributed by atoms with Crippen LogP contribution in [0.15, 0.2) is 36.6 Å². The van der Waals surface area contributed by atoms with Gasteiger partial charge in [-0.25, -0.2) is 0 Å². The van der Waals surface area contributed by atoms with E-state index in [1.54, 1.807) is 32.9 Å². The van der Waals surface area contributed by atoms with Gasteiger partial charge in [-0.05, 0) is 0 Å². The van der Waals surface area contributed by atoms with E-state index in [0.29, 0.717) is 25.7 Å². The van der Waals surface area contributed by atoms with Crippen LogP contribution in [0.5, 0.6) is 0 Å². The molecule has 1 aliphatic heterocycles. The Bertz CT molecular complexity index is 1530. The summed E-state index contributed by atoms with van der Waals surface area (Å²) in [5.41, 5.74) is -0.343. The zero-order chi connectivity index (χ0) is 38.6. The van der Waals surface area contributed by atoms with Crippen molar-refractivity contribution in [1.82, 2.24) is 26.2 Å². The van der Waals surface area contributed by atoms with Gasteiger partial charge in [0.15, 0.2) is 0 Å². The van der Waals surface area contributed by atoms with Gasteiger partial charge in [0, 0.05) is 0 Å². The molecule has 3 aliphatic rings. The predicted octanol–water partition coefficient (Wildman–Crippen LogP) is 0.880. The third-order valence-corrected chi connectivity index (χ3v) is 16.0. The van der Waals surface area contributed by atoms with Crippen LogP contribution in [0.3, 0.4) is 0 Å². The summed E-state index contributed by atoms with van der Waals surface area (Å²) in [6.45, 7) is 22.7. The molecule has 0 bridgehead atoms. The first-order valence-corrected chi connectivity index (χ1v) is 21.8. The quantitative estimate of drug-likeness (QED) is 0.0447. The topological polar surface area (TPSA) is 171 Å². The second-order valence-electron chi connectivity index (χ2n) is 16.4. The summed E-state index contributed by atoms with van der Waals surface area (Å²) in [6, 6.07) is -1.74. The summed E-state index contributed by atoms with van der Waals surface area (Å²) >= 11 is -1.04. The molecule has 0 saturated heterocycles. The second-order valence-corrected chi connectivity index (χ2v) is 24.3. The van der Waals surface area contributed by atoms with Gasteiger partial charge in [-0.2, -0.15) is 0 Å². The van der Waals surface area contributed by atoms with E-state index >= 15 is 0 Å². The van der Waals surface area contributed by atoms with Gasteiger partial charge in [-0.1, -0.05) is 6.08 Å². The van der Waals surface area contributed by atoms with Crippen molar-refractivity contribution in [3.05, 3.63) is 36.6 Å². The molecule has 4 N–H and O–H groups in total. The molecule has 51 heavy (non-hydrogen) atoms. The molecule has 14 heteroatoms. The number of ketones is 1. The molecule has 0 spiro atoms. The van der Waals surface area contributed by atoms with Crippen LogP contribution in [0, 0.1) is 11.3 Å². The van der Waals surface area contributed by atoms with E-state index in [9.17, 15) is 32.4 Å². The van der Waals surface area contributed by atoms with Gasteiger partial charge in [-0.15, -0.1) is 6.58 Å². The van der Waals surface area contributed by atoms with Gasteiger partial charge in [0.25, 0.3) is 0 Å². The van der Waals surface area contributed by atoms with Crippen molar-refractivity contribution in [3.63, 3.8) is 0 Å². The fourth-order valence-corrected chi connectivity index (χ4v) is 11.1. The number of allylic oxidation sites excluding steroid dienone is 1. The third-order valence-electron chi connectivity index (χ3n) is 9.84. The standard InChI is InChI=1S/C37H59IN5O7S/c1-11-13-18-25(28(44)31(46)39-21-14-12-2)40-30(45)27-26-24(36(26,9)10)22-43(27)32(47)29(38-34(3,4)5)41-33(48)42-37(19-16-15-17-20-37)23-51(49,50)35(6,7)8/h11-12,24-25,29H,1-2,13-23H2,3-10H3,(H,39,46)(H,40,45)(H2,41,42,48)/q-1. The van der Waals surface area contributed by atoms with Crippen molar-refractivity contribution < 1.29 is 53.6 Å². The first kappa shape index (κ1) is 42.7. The number of nitrogens with zero attached hydrogens (tertiary/aromatic N) is 1. The van der Waals surface area contributed by atoms with E-state index in [1.165, 1.54) is 4.90 Å². The van der Waals surface area contributed by atoms with Gasteiger partial charge in [0.05, 0.1) is 0 Å². The zero-order valence-corrected chi connectivity index (χ0v) is 34.6. The molecular weight excluding hydrogens is 785 g/mol. The number of carbonyl (C=O) groups is 5. The number of nitrogens with one attached hydrogen (secondary N) is 4. The molecule has 0 aromatic carbocycles. The molecule has 5 amide bonds. The van der Waals surface area contributed by atoms with Crippen LogP contribution in [0.4, 0.5) is 4.79 Å². The number of halogens is 1. The van der Waals surface area contributed by atoms with Gasteiger partial charge in [0.2, 0.25) is 0 Å². The first-order valence-electron chi connectivity index (χ1n) is 17.9. The molecule has 0 radical (unpaired) electrons. The van der Waals surface area contributed by atoms with E-state index in [1.807, 2.05) is 34.6 Å². The molecule has 3 atom stereocenters. The molecule has 0 aromatic heterocycles. The maximum absolute atomic E-state index is 14.5. The summed E-state index contributed by atoms with van der Waals surface area (Å²) in [5, 5.41) is 11.2. The zero-order valence-electron chi connectivity index (χ0n) is 31.7. The molecular formula is C37H59IN5O7S-. The summed E-state index contributed by atoms with van der Waals surface area (Å²) in [6.07, 6.45) is 7.75. The Morgan fingerprint density at radius 3 is 2.12 bits per heavy atom. The van der Waals surface area contributed by atoms with Crippen molar-refractivity contribution in [3.8, 4) is 0 Å². The summed E-state index contributed by atoms with van der Waals surface area (Å²) in [7, 11) is -3.57. The van der Waals surface area contributed by atoms with E-state index in [4.69, 9.17) is 0 Å². The molecule has 2 saturated carbocycles. The summed E-state index contributed by atoms with van der Waals surface area (Å²) < 4.78 is 24.4. The fourth-order valence-electron chi connectivity index (χ4n) is 6.71. The van der Waals surface area contributed by atoms with Crippen molar-refractivity contribution in [2.24, 2.45) is 11.3 Å². The Balaban J connectivity index is 1.89. The van der Waals surface area contributed by atoms with Gasteiger partial charge >= 0.3 is 304 Å². The number of urea groups is 1. The second kappa shape index (κ2) is 16.5. The molecule has 12 nitrogen and oxygen atoms in total. The van der Waals surface area contributed by atoms with Crippen LogP contribution in [0.2, 0.25) is 0 Å². The first-order chi connectivity index (χ1) is 23.5. The summed E-state index contributed by atoms with van der Waals surface area (Å²) in [4.78, 5) is 69.6. The Kier molecular flexibility index (Phi) is 13.8. The number of rotatable bonds is 16. The van der Waals surface area contributed by atoms with Crippen LogP contribution in [-0.2, 0) is 29.0 Å². The van der Waals surface area contributed by atoms with Crippen LogP contribution in [0.1, 0.15) is 107 Å². The molecule has 3 unspecified atom stereocenters. The number of Topliss-reactive ketones (excluding diaryl/α,β-unsaturated/α-hetero) is 1. The average Bonchev–Trinajstić information content (AvgIpc) is 3.31. The number of alkyl halides is 2. The maximum atomic E-state index is 14.5. The van der Waals surface area contributed by atoms with Gasteiger partial charge in [-0.3, -0.25) is 0 Å². The van der Waals surface area contributed by atoms with Crippen LogP contribution >= 0.6 is 0 Å². The van der Waals surface area contributed by atoms with Gasteiger partial charge < -0.3 is 0 Å². The predicted molar refractivity (Wildman–Crippen MR) is 195 cm³/mol. The summed E-state index contributed by atoms with van der Waals surface area (Å²) in [5.74, 6) is -2.92. The van der Waals surface area contributed by atoms with E-state index < -0.39 is 81.0 Å². The Morgan fingerprint density at radius 1 is 0.961 bits per heavy atom. The number of hydrogen-bond donors (Lipinski definition) is 4. The fraction of sp³-hybridized carbons (Fsp3) is 0.703. The number of amides is 5. The van der Waals surface area contributed by atoms with E-state index in [-0.39, 0.29) is 45.7 Å². The number of carbonyl (C=O) groups excluding carboxylic acids is 5. The van der Waals surface area contributed by atoms with Crippen molar-refractivity contribution in [1.29, 1.82) is 0 Å². The van der Waals surface area contributed by atoms with Crippen LogP contribution in [-0.4, -0.2) is 85.5 Å². The number of sulfone groups is 1. The Labute approximate surface area is 315 Å². The number of hydrogen-bond acceptors (Lipinski definition) is 7. The van der Waals surface area contributed by atoms with Gasteiger partial charge in [0.1, 0.15) is 0 Å². The minimum atomic E-state index is -3.57. The van der Waals surface area contributed by atoms with Crippen molar-refractivity contribution in [2.45, 2.75) is 131 Å². The van der Waals surface area contributed by atoms with E-state index in [2.05, 4.69) is 34.4 Å². The molecule has 2 aliphatic carbocycles. The average molecular weight is 845 g/mol. The van der Waals surface area contributed by atoms with E-state index in [0.717, 1.165) is 24.8 Å². The van der Waals surface area contributed by atoms with Crippen molar-refractivity contribution >= 4 is 39.4 Å². The minimum absolute atomic E-state index is 0.0674. The monoisotopic (exact) mass is 844 g/mol. The Morgan fingerprint density at radius 2 is 1.57 bits per heavy atom. The Hall–Kier alpha value is -2.75. The third kappa shape index (κ3) is 10.7. The molecule has 0 aromatic rings. The molecule has 288 valence electrons. The molecule has 2 fully saturated rings. The molecule has 3 rings (SSSR count). The van der Waals surface area contributed by atoms with Crippen LogP contribution < -0.4 is 42.5 Å². The van der Waals surface area contributed by atoms with Crippen molar-refractivity contribution in [2.75, 3.05) is 18.8 Å². The normalized spacial score (nSPS) is 20.8. The van der Waals surface area contributed by atoms with Crippen LogP contribution in [0.25, 0.3) is 0 Å².